The number of fused-ring (bicyclic) bond motifs is 3. The Hall–Kier alpha value is -0.980. The van der Waals surface area contributed by atoms with Crippen molar-refractivity contribution in [2.75, 3.05) is 5.32 Å². The molecule has 0 aromatic heterocycles. The number of nitrogens with one attached hydrogen (secondary N) is 1. The zero-order chi connectivity index (χ0) is 8.13. The molecular formula is C11H13N. The van der Waals surface area contributed by atoms with Gasteiger partial charge in [0, 0.05) is 17.6 Å². The van der Waals surface area contributed by atoms with E-state index < -0.39 is 0 Å². The van der Waals surface area contributed by atoms with E-state index >= 15 is 0 Å². The minimum atomic E-state index is 0.766. The molecule has 0 spiro atoms. The van der Waals surface area contributed by atoms with E-state index in [1.807, 2.05) is 0 Å². The molecule has 3 rings (SSSR count). The van der Waals surface area contributed by atoms with Gasteiger partial charge in [-0.05, 0) is 31.4 Å². The van der Waals surface area contributed by atoms with Crippen LogP contribution in [-0.4, -0.2) is 6.04 Å². The number of rotatable bonds is 0. The Morgan fingerprint density at radius 1 is 1.33 bits per heavy atom. The van der Waals surface area contributed by atoms with Crippen LogP contribution in [0.15, 0.2) is 18.2 Å². The second-order valence-electron chi connectivity index (χ2n) is 4.03. The Balaban J connectivity index is 2.13. The first kappa shape index (κ1) is 6.53. The Kier molecular flexibility index (Phi) is 1.11. The Bertz CT molecular complexity index is 330. The third-order valence-corrected chi connectivity index (χ3v) is 3.22. The maximum atomic E-state index is 3.56. The minimum Gasteiger partial charge on any atom is -0.381 e. The monoisotopic (exact) mass is 159 g/mol. The fraction of sp³-hybridized carbons (Fsp3) is 0.455. The predicted octanol–water partition coefficient (Wildman–Crippen LogP) is 2.67. The summed E-state index contributed by atoms with van der Waals surface area (Å²) in [6.45, 7) is 2.17. The largest absolute Gasteiger partial charge is 0.381 e. The molecule has 1 nitrogen and oxygen atoms in total. The predicted molar refractivity (Wildman–Crippen MR) is 50.6 cm³/mol. The highest BCUT2D eigenvalue weighted by Gasteiger charge is 2.38. The minimum absolute atomic E-state index is 0.766. The lowest BCUT2D eigenvalue weighted by Crippen LogP contribution is -2.29. The summed E-state index contributed by atoms with van der Waals surface area (Å²) in [5.41, 5.74) is 4.34. The molecule has 1 aromatic carbocycles. The standard InChI is InChI=1S/C11H13N/c1-7-2-4-11-9(6-7)8-3-5-10(8)12-11/h2,4,6,8,10,12H,3,5H2,1H3/t8?,10-/m1/s1. The van der Waals surface area contributed by atoms with Gasteiger partial charge in [0.1, 0.15) is 0 Å². The van der Waals surface area contributed by atoms with E-state index in [0.717, 1.165) is 12.0 Å². The number of aryl methyl sites for hydroxylation is 1. The molecule has 62 valence electrons. The SMILES string of the molecule is Cc1ccc2c(c1)C1CC[C@H]1N2. The molecule has 0 amide bonds. The average molecular weight is 159 g/mol. The number of anilines is 1. The van der Waals surface area contributed by atoms with Crippen molar-refractivity contribution in [3.63, 3.8) is 0 Å². The highest BCUT2D eigenvalue weighted by molar-refractivity contribution is 5.61. The van der Waals surface area contributed by atoms with Crippen molar-refractivity contribution in [3.8, 4) is 0 Å². The van der Waals surface area contributed by atoms with Crippen molar-refractivity contribution in [1.29, 1.82) is 0 Å². The van der Waals surface area contributed by atoms with Gasteiger partial charge in [-0.1, -0.05) is 17.7 Å². The van der Waals surface area contributed by atoms with Crippen LogP contribution in [0.5, 0.6) is 0 Å². The van der Waals surface area contributed by atoms with Crippen molar-refractivity contribution in [3.05, 3.63) is 29.3 Å². The second-order valence-corrected chi connectivity index (χ2v) is 4.03. The van der Waals surface area contributed by atoms with Crippen LogP contribution in [-0.2, 0) is 0 Å². The topological polar surface area (TPSA) is 12.0 Å². The van der Waals surface area contributed by atoms with E-state index in [4.69, 9.17) is 0 Å². The van der Waals surface area contributed by atoms with Crippen LogP contribution in [0.2, 0.25) is 0 Å². The Morgan fingerprint density at radius 3 is 3.00 bits per heavy atom. The molecule has 1 saturated carbocycles. The van der Waals surface area contributed by atoms with E-state index in [1.54, 1.807) is 5.56 Å². The summed E-state index contributed by atoms with van der Waals surface area (Å²) in [5.74, 6) is 0.833. The maximum Gasteiger partial charge on any atom is 0.0378 e. The van der Waals surface area contributed by atoms with Crippen LogP contribution in [0.4, 0.5) is 5.69 Å². The van der Waals surface area contributed by atoms with Crippen molar-refractivity contribution in [2.45, 2.75) is 31.7 Å². The van der Waals surface area contributed by atoms with Gasteiger partial charge >= 0.3 is 0 Å². The number of benzene rings is 1. The molecular weight excluding hydrogens is 146 g/mol. The molecule has 12 heavy (non-hydrogen) atoms. The third kappa shape index (κ3) is 0.689. The molecule has 1 aliphatic carbocycles. The molecule has 1 heterocycles. The fourth-order valence-corrected chi connectivity index (χ4v) is 2.37. The molecule has 2 atom stereocenters. The summed E-state index contributed by atoms with van der Waals surface area (Å²) in [6, 6.07) is 7.52. The van der Waals surface area contributed by atoms with Crippen molar-refractivity contribution in [2.24, 2.45) is 0 Å². The van der Waals surface area contributed by atoms with Crippen molar-refractivity contribution < 1.29 is 0 Å². The molecule has 1 aliphatic heterocycles. The van der Waals surface area contributed by atoms with E-state index in [-0.39, 0.29) is 0 Å². The normalized spacial score (nSPS) is 30.1. The van der Waals surface area contributed by atoms with E-state index in [9.17, 15) is 0 Å². The van der Waals surface area contributed by atoms with Gasteiger partial charge in [0.05, 0.1) is 0 Å². The molecule has 2 aliphatic rings. The van der Waals surface area contributed by atoms with Crippen molar-refractivity contribution in [1.82, 2.24) is 0 Å². The lowest BCUT2D eigenvalue weighted by atomic mass is 9.78. The summed E-state index contributed by atoms with van der Waals surface area (Å²) in [4.78, 5) is 0. The van der Waals surface area contributed by atoms with Crippen LogP contribution in [0.3, 0.4) is 0 Å². The van der Waals surface area contributed by atoms with Gasteiger partial charge in [-0.2, -0.15) is 0 Å². The number of hydrogen-bond donors (Lipinski definition) is 1. The van der Waals surface area contributed by atoms with Gasteiger partial charge in [-0.15, -0.1) is 0 Å². The van der Waals surface area contributed by atoms with Gasteiger partial charge in [-0.25, -0.2) is 0 Å². The molecule has 0 bridgehead atoms. The summed E-state index contributed by atoms with van der Waals surface area (Å²) in [7, 11) is 0. The quantitative estimate of drug-likeness (QED) is 0.613. The lowest BCUT2D eigenvalue weighted by Gasteiger charge is -2.30. The first-order valence-corrected chi connectivity index (χ1v) is 4.72. The highest BCUT2D eigenvalue weighted by atomic mass is 15.0. The van der Waals surface area contributed by atoms with E-state index in [1.165, 1.54) is 24.1 Å². The summed E-state index contributed by atoms with van der Waals surface area (Å²) < 4.78 is 0. The zero-order valence-electron chi connectivity index (χ0n) is 7.30. The summed E-state index contributed by atoms with van der Waals surface area (Å²) in [5, 5.41) is 3.56. The van der Waals surface area contributed by atoms with Gasteiger partial charge in [0.25, 0.3) is 0 Å². The van der Waals surface area contributed by atoms with Crippen LogP contribution in [0, 0.1) is 6.92 Å². The molecule has 1 N–H and O–H groups in total. The van der Waals surface area contributed by atoms with E-state index in [2.05, 4.69) is 30.4 Å². The molecule has 1 aromatic rings. The van der Waals surface area contributed by atoms with Gasteiger partial charge in [-0.3, -0.25) is 0 Å². The third-order valence-electron chi connectivity index (χ3n) is 3.22. The van der Waals surface area contributed by atoms with Crippen molar-refractivity contribution >= 4 is 5.69 Å². The lowest BCUT2D eigenvalue weighted by molar-refractivity contribution is 0.391. The highest BCUT2D eigenvalue weighted by Crippen LogP contribution is 2.47. The Morgan fingerprint density at radius 2 is 2.25 bits per heavy atom. The first-order valence-electron chi connectivity index (χ1n) is 4.72. The average Bonchev–Trinajstić information content (AvgIpc) is 2.22. The van der Waals surface area contributed by atoms with Crippen LogP contribution >= 0.6 is 0 Å². The molecule has 1 heteroatoms. The summed E-state index contributed by atoms with van der Waals surface area (Å²) in [6.07, 6.45) is 2.74. The second kappa shape index (κ2) is 2.03. The van der Waals surface area contributed by atoms with Gasteiger partial charge in [0.2, 0.25) is 0 Å². The van der Waals surface area contributed by atoms with E-state index in [0.29, 0.717) is 0 Å². The molecule has 1 fully saturated rings. The van der Waals surface area contributed by atoms with Gasteiger partial charge < -0.3 is 5.32 Å². The van der Waals surface area contributed by atoms with Crippen LogP contribution < -0.4 is 5.32 Å². The summed E-state index contributed by atoms with van der Waals surface area (Å²) >= 11 is 0. The molecule has 0 saturated heterocycles. The smallest absolute Gasteiger partial charge is 0.0378 e. The zero-order valence-corrected chi connectivity index (χ0v) is 7.30. The molecule has 0 radical (unpaired) electrons. The first-order chi connectivity index (χ1) is 5.84. The van der Waals surface area contributed by atoms with Gasteiger partial charge in [0.15, 0.2) is 0 Å². The maximum absolute atomic E-state index is 3.56. The Labute approximate surface area is 72.8 Å². The molecule has 1 unspecified atom stereocenters. The van der Waals surface area contributed by atoms with Crippen LogP contribution in [0.25, 0.3) is 0 Å². The fourth-order valence-electron chi connectivity index (χ4n) is 2.37. The van der Waals surface area contributed by atoms with Crippen LogP contribution in [0.1, 0.15) is 29.9 Å². The number of hydrogen-bond acceptors (Lipinski definition) is 1.